The number of aliphatic hydroxyl groups is 1. The molecule has 0 fully saturated rings. The Morgan fingerprint density at radius 2 is 2.43 bits per heavy atom. The van der Waals surface area contributed by atoms with Crippen molar-refractivity contribution < 1.29 is 5.11 Å². The highest BCUT2D eigenvalue weighted by atomic mass is 127. The zero-order chi connectivity index (χ0) is 10.4. The Balaban J connectivity index is 2.86. The summed E-state index contributed by atoms with van der Waals surface area (Å²) in [6.45, 7) is 5.00. The van der Waals surface area contributed by atoms with Crippen molar-refractivity contribution in [3.63, 3.8) is 0 Å². The molecule has 1 heterocycles. The van der Waals surface area contributed by atoms with Gasteiger partial charge in [0.15, 0.2) is 0 Å². The van der Waals surface area contributed by atoms with Gasteiger partial charge in [0.05, 0.1) is 10.2 Å². The summed E-state index contributed by atoms with van der Waals surface area (Å²) < 4.78 is 0.973. The first-order chi connectivity index (χ1) is 6.79. The smallest absolute Gasteiger partial charge is 0.145 e. The van der Waals surface area contributed by atoms with Gasteiger partial charge < -0.3 is 10.0 Å². The second kappa shape index (κ2) is 5.92. The summed E-state index contributed by atoms with van der Waals surface area (Å²) in [5, 5.41) is 8.89. The number of halogens is 1. The van der Waals surface area contributed by atoms with E-state index in [4.69, 9.17) is 5.11 Å². The van der Waals surface area contributed by atoms with Crippen LogP contribution in [0.25, 0.3) is 0 Å². The van der Waals surface area contributed by atoms with Crippen LogP contribution in [-0.4, -0.2) is 34.8 Å². The number of hydrogen-bond donors (Lipinski definition) is 1. The first-order valence-corrected chi connectivity index (χ1v) is 5.29. The zero-order valence-corrected chi connectivity index (χ0v) is 9.88. The fourth-order valence-corrected chi connectivity index (χ4v) is 1.74. The second-order valence-electron chi connectivity index (χ2n) is 2.65. The predicted molar refractivity (Wildman–Crippen MR) is 64.2 cm³/mol. The van der Waals surface area contributed by atoms with Crippen LogP contribution in [0.5, 0.6) is 0 Å². The number of nitrogens with zero attached hydrogens (tertiary/aromatic N) is 3. The molecule has 1 rings (SSSR count). The van der Waals surface area contributed by atoms with E-state index in [-0.39, 0.29) is 6.61 Å². The lowest BCUT2D eigenvalue weighted by atomic mass is 10.4. The molecule has 1 N–H and O–H groups in total. The van der Waals surface area contributed by atoms with Crippen LogP contribution in [0.2, 0.25) is 0 Å². The lowest BCUT2D eigenvalue weighted by Crippen LogP contribution is -2.28. The van der Waals surface area contributed by atoms with Crippen molar-refractivity contribution in [3.8, 4) is 0 Å². The van der Waals surface area contributed by atoms with Gasteiger partial charge in [-0.25, -0.2) is 9.97 Å². The van der Waals surface area contributed by atoms with Crippen molar-refractivity contribution in [2.24, 2.45) is 0 Å². The maximum Gasteiger partial charge on any atom is 0.145 e. The third kappa shape index (κ3) is 2.91. The first kappa shape index (κ1) is 11.4. The Morgan fingerprint density at radius 3 is 3.00 bits per heavy atom. The van der Waals surface area contributed by atoms with Crippen LogP contribution >= 0.6 is 22.6 Å². The molecule has 0 saturated heterocycles. The number of anilines is 1. The molecule has 4 nitrogen and oxygen atoms in total. The van der Waals surface area contributed by atoms with Crippen LogP contribution in [0.4, 0.5) is 5.82 Å². The number of rotatable bonds is 5. The second-order valence-corrected chi connectivity index (χ2v) is 3.81. The van der Waals surface area contributed by atoms with Gasteiger partial charge in [0.1, 0.15) is 12.1 Å². The van der Waals surface area contributed by atoms with E-state index in [0.717, 1.165) is 9.39 Å². The van der Waals surface area contributed by atoms with Gasteiger partial charge in [-0.05, 0) is 22.6 Å². The maximum absolute atomic E-state index is 8.89. The molecular formula is C9H12IN3O. The molecule has 0 bridgehead atoms. The molecule has 1 aromatic heterocycles. The van der Waals surface area contributed by atoms with Crippen molar-refractivity contribution >= 4 is 28.4 Å². The predicted octanol–water partition coefficient (Wildman–Crippen LogP) is 1.07. The molecule has 0 saturated carbocycles. The minimum absolute atomic E-state index is 0.105. The average molecular weight is 305 g/mol. The Morgan fingerprint density at radius 1 is 1.64 bits per heavy atom. The van der Waals surface area contributed by atoms with Crippen LogP contribution in [-0.2, 0) is 0 Å². The number of hydrogen-bond acceptors (Lipinski definition) is 4. The molecule has 0 aliphatic rings. The van der Waals surface area contributed by atoms with Crippen LogP contribution in [0.15, 0.2) is 25.2 Å². The van der Waals surface area contributed by atoms with E-state index in [2.05, 4.69) is 39.1 Å². The van der Waals surface area contributed by atoms with E-state index in [1.54, 1.807) is 12.3 Å². The summed E-state index contributed by atoms with van der Waals surface area (Å²) in [6, 6.07) is 0. The van der Waals surface area contributed by atoms with E-state index in [9.17, 15) is 0 Å². The van der Waals surface area contributed by atoms with Gasteiger partial charge in [0.2, 0.25) is 0 Å². The first-order valence-electron chi connectivity index (χ1n) is 4.21. The molecule has 76 valence electrons. The Labute approximate surface area is 96.8 Å². The monoisotopic (exact) mass is 305 g/mol. The fraction of sp³-hybridized carbons (Fsp3) is 0.333. The van der Waals surface area contributed by atoms with Crippen molar-refractivity contribution in [2.45, 2.75) is 0 Å². The van der Waals surface area contributed by atoms with Gasteiger partial charge in [0, 0.05) is 19.3 Å². The minimum atomic E-state index is 0.105. The maximum atomic E-state index is 8.89. The summed E-state index contributed by atoms with van der Waals surface area (Å²) >= 11 is 2.17. The SMILES string of the molecule is C=CCN(CCO)c1ncncc1I. The van der Waals surface area contributed by atoms with Crippen molar-refractivity contribution in [3.05, 3.63) is 28.7 Å². The van der Waals surface area contributed by atoms with E-state index in [0.29, 0.717) is 13.1 Å². The molecule has 0 aliphatic heterocycles. The van der Waals surface area contributed by atoms with Crippen LogP contribution < -0.4 is 4.90 Å². The molecule has 0 atom stereocenters. The van der Waals surface area contributed by atoms with Crippen LogP contribution in [0, 0.1) is 3.57 Å². The standard InChI is InChI=1S/C9H12IN3O/c1-2-3-13(4-5-14)9-8(10)6-11-7-12-9/h2,6-7,14H,1,3-5H2. The lowest BCUT2D eigenvalue weighted by Gasteiger charge is -2.21. The fourth-order valence-electron chi connectivity index (χ4n) is 1.10. The van der Waals surface area contributed by atoms with Crippen LogP contribution in [0.3, 0.4) is 0 Å². The summed E-state index contributed by atoms with van der Waals surface area (Å²) in [4.78, 5) is 10.0. The van der Waals surface area contributed by atoms with E-state index >= 15 is 0 Å². The minimum Gasteiger partial charge on any atom is -0.395 e. The van der Waals surface area contributed by atoms with Crippen molar-refractivity contribution in [2.75, 3.05) is 24.6 Å². The zero-order valence-electron chi connectivity index (χ0n) is 7.73. The summed E-state index contributed by atoms with van der Waals surface area (Å²) in [5.41, 5.74) is 0. The topological polar surface area (TPSA) is 49.2 Å². The molecule has 1 aromatic rings. The molecule has 5 heteroatoms. The summed E-state index contributed by atoms with van der Waals surface area (Å²) in [7, 11) is 0. The van der Waals surface area contributed by atoms with E-state index in [1.165, 1.54) is 6.33 Å². The van der Waals surface area contributed by atoms with Crippen molar-refractivity contribution in [1.29, 1.82) is 0 Å². The summed E-state index contributed by atoms with van der Waals surface area (Å²) in [6.07, 6.45) is 5.04. The summed E-state index contributed by atoms with van der Waals surface area (Å²) in [5.74, 6) is 0.842. The van der Waals surface area contributed by atoms with Gasteiger partial charge in [0.25, 0.3) is 0 Å². The third-order valence-corrected chi connectivity index (χ3v) is 2.43. The highest BCUT2D eigenvalue weighted by Gasteiger charge is 2.08. The normalized spacial score (nSPS) is 9.86. The molecule has 0 amide bonds. The quantitative estimate of drug-likeness (QED) is 0.653. The molecule has 0 aliphatic carbocycles. The van der Waals surface area contributed by atoms with Crippen molar-refractivity contribution in [1.82, 2.24) is 9.97 Å². The lowest BCUT2D eigenvalue weighted by molar-refractivity contribution is 0.302. The number of aromatic nitrogens is 2. The van der Waals surface area contributed by atoms with Gasteiger partial charge in [-0.3, -0.25) is 0 Å². The molecular weight excluding hydrogens is 293 g/mol. The van der Waals surface area contributed by atoms with Crippen LogP contribution in [0.1, 0.15) is 0 Å². The Bertz CT molecular complexity index is 306. The highest BCUT2D eigenvalue weighted by Crippen LogP contribution is 2.17. The van der Waals surface area contributed by atoms with Gasteiger partial charge in [-0.15, -0.1) is 6.58 Å². The molecule has 0 radical (unpaired) electrons. The van der Waals surface area contributed by atoms with Gasteiger partial charge >= 0.3 is 0 Å². The van der Waals surface area contributed by atoms with Gasteiger partial charge in [-0.2, -0.15) is 0 Å². The third-order valence-electron chi connectivity index (χ3n) is 1.67. The van der Waals surface area contributed by atoms with E-state index < -0.39 is 0 Å². The Hall–Kier alpha value is -0.690. The molecule has 0 spiro atoms. The average Bonchev–Trinajstić information content (AvgIpc) is 2.18. The number of aliphatic hydroxyl groups excluding tert-OH is 1. The van der Waals surface area contributed by atoms with E-state index in [1.807, 2.05) is 4.90 Å². The highest BCUT2D eigenvalue weighted by molar-refractivity contribution is 14.1. The largest absolute Gasteiger partial charge is 0.395 e. The Kier molecular flexibility index (Phi) is 4.81. The molecule has 0 aromatic carbocycles. The molecule has 14 heavy (non-hydrogen) atoms. The molecule has 0 unspecified atom stereocenters. The van der Waals surface area contributed by atoms with Gasteiger partial charge in [-0.1, -0.05) is 6.08 Å².